The Balaban J connectivity index is 1.70. The number of hydrogen-bond acceptors (Lipinski definition) is 4. The van der Waals surface area contributed by atoms with Gasteiger partial charge in [-0.15, -0.1) is 11.3 Å². The average molecular weight is 288 g/mol. The van der Waals surface area contributed by atoms with E-state index in [0.29, 0.717) is 18.6 Å². The molecule has 4 heteroatoms. The molecule has 2 aliphatic carbocycles. The summed E-state index contributed by atoms with van der Waals surface area (Å²) in [4.78, 5) is 4.85. The smallest absolute Gasteiger partial charge is 0.120 e. The number of thiazole rings is 1. The van der Waals surface area contributed by atoms with Gasteiger partial charge in [0.25, 0.3) is 0 Å². The standard InChI is InChI=1S/C16H20N2OS/c1-2-19-11-5-6-12-13(8-11)20-16(18-12)14-9-3-4-10(7-9)15(14)17/h5-6,8-10,14-15H,2-4,7,17H2,1H3. The number of hydrogen-bond donors (Lipinski definition) is 1. The molecule has 4 atom stereocenters. The molecule has 3 nitrogen and oxygen atoms in total. The van der Waals surface area contributed by atoms with E-state index in [1.165, 1.54) is 29.0 Å². The molecule has 2 bridgehead atoms. The fraction of sp³-hybridized carbons (Fsp3) is 0.562. The van der Waals surface area contributed by atoms with Gasteiger partial charge in [0, 0.05) is 12.0 Å². The molecule has 2 N–H and O–H groups in total. The van der Waals surface area contributed by atoms with E-state index in [9.17, 15) is 0 Å². The van der Waals surface area contributed by atoms with Gasteiger partial charge in [-0.2, -0.15) is 0 Å². The molecule has 1 aromatic carbocycles. The van der Waals surface area contributed by atoms with Crippen molar-refractivity contribution in [3.63, 3.8) is 0 Å². The number of ether oxygens (including phenoxy) is 1. The van der Waals surface area contributed by atoms with Crippen molar-refractivity contribution in [2.45, 2.75) is 38.1 Å². The zero-order chi connectivity index (χ0) is 13.7. The third kappa shape index (κ3) is 1.85. The summed E-state index contributed by atoms with van der Waals surface area (Å²) >= 11 is 1.81. The van der Waals surface area contributed by atoms with E-state index in [-0.39, 0.29) is 0 Å². The van der Waals surface area contributed by atoms with Crippen LogP contribution in [-0.2, 0) is 0 Å². The first-order valence-corrected chi connectivity index (χ1v) is 8.36. The van der Waals surface area contributed by atoms with Gasteiger partial charge in [-0.3, -0.25) is 0 Å². The van der Waals surface area contributed by atoms with Crippen molar-refractivity contribution in [2.75, 3.05) is 6.61 Å². The van der Waals surface area contributed by atoms with Crippen molar-refractivity contribution < 1.29 is 4.74 Å². The molecule has 106 valence electrons. The third-order valence-electron chi connectivity index (χ3n) is 4.95. The monoisotopic (exact) mass is 288 g/mol. The van der Waals surface area contributed by atoms with Crippen LogP contribution in [0.15, 0.2) is 18.2 Å². The van der Waals surface area contributed by atoms with Gasteiger partial charge in [-0.1, -0.05) is 0 Å². The first-order chi connectivity index (χ1) is 9.76. The van der Waals surface area contributed by atoms with Crippen LogP contribution >= 0.6 is 11.3 Å². The first-order valence-electron chi connectivity index (χ1n) is 7.55. The lowest BCUT2D eigenvalue weighted by Crippen LogP contribution is -2.33. The molecule has 2 aliphatic rings. The van der Waals surface area contributed by atoms with Gasteiger partial charge < -0.3 is 10.5 Å². The van der Waals surface area contributed by atoms with Gasteiger partial charge in [0.1, 0.15) is 5.75 Å². The van der Waals surface area contributed by atoms with Crippen LogP contribution in [0.25, 0.3) is 10.2 Å². The Kier molecular flexibility index (Phi) is 2.97. The fourth-order valence-corrected chi connectivity index (χ4v) is 5.27. The largest absolute Gasteiger partial charge is 0.494 e. The minimum Gasteiger partial charge on any atom is -0.494 e. The van der Waals surface area contributed by atoms with Crippen molar-refractivity contribution >= 4 is 21.6 Å². The highest BCUT2D eigenvalue weighted by atomic mass is 32.1. The number of aromatic nitrogens is 1. The minimum atomic E-state index is 0.320. The molecule has 0 spiro atoms. The molecule has 0 radical (unpaired) electrons. The van der Waals surface area contributed by atoms with E-state index in [0.717, 1.165) is 23.1 Å². The first kappa shape index (κ1) is 12.6. The second-order valence-electron chi connectivity index (χ2n) is 6.05. The lowest BCUT2D eigenvalue weighted by atomic mass is 9.85. The minimum absolute atomic E-state index is 0.320. The Morgan fingerprint density at radius 3 is 2.95 bits per heavy atom. The number of nitrogens with two attached hydrogens (primary N) is 1. The fourth-order valence-electron chi connectivity index (χ4n) is 4.02. The summed E-state index contributed by atoms with van der Waals surface area (Å²) < 4.78 is 6.80. The Hall–Kier alpha value is -1.13. The molecule has 4 rings (SSSR count). The summed E-state index contributed by atoms with van der Waals surface area (Å²) in [7, 11) is 0. The maximum Gasteiger partial charge on any atom is 0.120 e. The number of fused-ring (bicyclic) bond motifs is 3. The predicted octanol–water partition coefficient (Wildman–Crippen LogP) is 3.54. The van der Waals surface area contributed by atoms with Crippen molar-refractivity contribution in [3.05, 3.63) is 23.2 Å². The molecule has 0 aliphatic heterocycles. The molecule has 0 amide bonds. The molecular formula is C16H20N2OS. The summed E-state index contributed by atoms with van der Waals surface area (Å²) in [5.74, 6) is 2.92. The molecule has 20 heavy (non-hydrogen) atoms. The van der Waals surface area contributed by atoms with Gasteiger partial charge in [-0.25, -0.2) is 4.98 Å². The molecule has 2 saturated carbocycles. The molecule has 0 saturated heterocycles. The lowest BCUT2D eigenvalue weighted by molar-refractivity contribution is 0.341. The van der Waals surface area contributed by atoms with Gasteiger partial charge in [-0.05, 0) is 56.2 Å². The van der Waals surface area contributed by atoms with Gasteiger partial charge in [0.15, 0.2) is 0 Å². The Labute approximate surface area is 123 Å². The van der Waals surface area contributed by atoms with Crippen molar-refractivity contribution in [1.82, 2.24) is 4.98 Å². The Morgan fingerprint density at radius 1 is 1.35 bits per heavy atom. The van der Waals surface area contributed by atoms with Crippen LogP contribution in [0.4, 0.5) is 0 Å². The van der Waals surface area contributed by atoms with E-state index < -0.39 is 0 Å². The highest BCUT2D eigenvalue weighted by molar-refractivity contribution is 7.18. The zero-order valence-electron chi connectivity index (χ0n) is 11.7. The SMILES string of the molecule is CCOc1ccc2nc(C3C4CCC(C4)C3N)sc2c1. The molecule has 4 unspecified atom stereocenters. The van der Waals surface area contributed by atoms with Crippen molar-refractivity contribution in [3.8, 4) is 5.75 Å². The van der Waals surface area contributed by atoms with Crippen LogP contribution in [0.2, 0.25) is 0 Å². The molecular weight excluding hydrogens is 268 g/mol. The highest BCUT2D eigenvalue weighted by Crippen LogP contribution is 2.53. The lowest BCUT2D eigenvalue weighted by Gasteiger charge is -2.26. The van der Waals surface area contributed by atoms with Gasteiger partial charge in [0.2, 0.25) is 0 Å². The second kappa shape index (κ2) is 4.71. The summed E-state index contributed by atoms with van der Waals surface area (Å²) in [6.45, 7) is 2.71. The third-order valence-corrected chi connectivity index (χ3v) is 6.07. The highest BCUT2D eigenvalue weighted by Gasteiger charge is 2.47. The topological polar surface area (TPSA) is 48.1 Å². The van der Waals surface area contributed by atoms with Crippen LogP contribution in [0.1, 0.15) is 37.1 Å². The van der Waals surface area contributed by atoms with E-state index in [2.05, 4.69) is 12.1 Å². The van der Waals surface area contributed by atoms with Crippen LogP contribution in [0.5, 0.6) is 5.75 Å². The molecule has 2 aromatic rings. The maximum atomic E-state index is 6.44. The number of nitrogens with zero attached hydrogens (tertiary/aromatic N) is 1. The summed E-state index contributed by atoms with van der Waals surface area (Å²) in [5.41, 5.74) is 7.52. The summed E-state index contributed by atoms with van der Waals surface area (Å²) in [5, 5.41) is 1.24. The number of benzene rings is 1. The van der Waals surface area contributed by atoms with Crippen LogP contribution in [0, 0.1) is 11.8 Å². The molecule has 2 fully saturated rings. The van der Waals surface area contributed by atoms with Crippen molar-refractivity contribution in [1.29, 1.82) is 0 Å². The van der Waals surface area contributed by atoms with Crippen LogP contribution < -0.4 is 10.5 Å². The zero-order valence-corrected chi connectivity index (χ0v) is 12.5. The average Bonchev–Trinajstić information content (AvgIpc) is 3.11. The van der Waals surface area contributed by atoms with Gasteiger partial charge >= 0.3 is 0 Å². The summed E-state index contributed by atoms with van der Waals surface area (Å²) in [6, 6.07) is 6.51. The van der Waals surface area contributed by atoms with E-state index in [4.69, 9.17) is 15.5 Å². The van der Waals surface area contributed by atoms with Gasteiger partial charge in [0.05, 0.1) is 21.8 Å². The summed E-state index contributed by atoms with van der Waals surface area (Å²) in [6.07, 6.45) is 3.97. The number of rotatable bonds is 3. The van der Waals surface area contributed by atoms with Crippen molar-refractivity contribution in [2.24, 2.45) is 17.6 Å². The predicted molar refractivity (Wildman–Crippen MR) is 82.3 cm³/mol. The molecule has 1 heterocycles. The van der Waals surface area contributed by atoms with E-state index in [1.54, 1.807) is 11.3 Å². The van der Waals surface area contributed by atoms with Crippen LogP contribution in [-0.4, -0.2) is 17.6 Å². The van der Waals surface area contributed by atoms with E-state index >= 15 is 0 Å². The Bertz CT molecular complexity index is 636. The van der Waals surface area contributed by atoms with Crippen LogP contribution in [0.3, 0.4) is 0 Å². The quantitative estimate of drug-likeness (QED) is 0.939. The maximum absolute atomic E-state index is 6.44. The van der Waals surface area contributed by atoms with E-state index in [1.807, 2.05) is 13.0 Å². The Morgan fingerprint density at radius 2 is 2.20 bits per heavy atom. The second-order valence-corrected chi connectivity index (χ2v) is 7.11. The molecule has 1 aromatic heterocycles. The normalized spacial score (nSPS) is 32.1.